The van der Waals surface area contributed by atoms with Crippen LogP contribution in [-0.2, 0) is 9.47 Å². The summed E-state index contributed by atoms with van der Waals surface area (Å²) in [6.07, 6.45) is 2.58. The summed E-state index contributed by atoms with van der Waals surface area (Å²) >= 11 is 2.43. The van der Waals surface area contributed by atoms with Gasteiger partial charge in [0.05, 0.1) is 25.4 Å². The molecule has 0 saturated heterocycles. The van der Waals surface area contributed by atoms with Gasteiger partial charge in [-0.1, -0.05) is 84.6 Å². The molecule has 5 aromatic rings. The van der Waals surface area contributed by atoms with Crippen molar-refractivity contribution in [3.05, 3.63) is 161 Å². The Morgan fingerprint density at radius 2 is 1.07 bits per heavy atom. The third-order valence-electron chi connectivity index (χ3n) is 9.08. The molecule has 0 radical (unpaired) electrons. The van der Waals surface area contributed by atoms with E-state index in [9.17, 15) is 19.0 Å². The molecular formula is C44H47Cl3F2N3O5S3Sb. The minimum atomic E-state index is -2.03. The number of aliphatic imine (C=N–C) groups is 2. The molecule has 0 bridgehead atoms. The summed E-state index contributed by atoms with van der Waals surface area (Å²) in [5, 5.41) is 28.0. The van der Waals surface area contributed by atoms with Gasteiger partial charge in [-0.05, 0) is 89.9 Å². The third kappa shape index (κ3) is 16.2. The zero-order valence-corrected chi connectivity index (χ0v) is 40.5. The fourth-order valence-corrected chi connectivity index (χ4v) is 7.20. The molecule has 0 aliphatic carbocycles. The number of alkyl halides is 2. The number of benzene rings is 5. The van der Waals surface area contributed by atoms with Crippen LogP contribution in [0.2, 0.25) is 0 Å². The van der Waals surface area contributed by atoms with E-state index >= 15 is 0 Å². The van der Waals surface area contributed by atoms with Crippen molar-refractivity contribution < 1.29 is 33.6 Å². The van der Waals surface area contributed by atoms with Gasteiger partial charge in [-0.3, -0.25) is 0 Å². The van der Waals surface area contributed by atoms with E-state index in [1.54, 1.807) is 23.5 Å². The topological polar surface area (TPSA) is 130 Å². The zero-order valence-electron chi connectivity index (χ0n) is 33.2. The fourth-order valence-electron chi connectivity index (χ4n) is 5.93. The summed E-state index contributed by atoms with van der Waals surface area (Å²) in [6, 6.07) is 40.4. The van der Waals surface area contributed by atoms with E-state index in [-0.39, 0.29) is 25.4 Å². The molecule has 5 N–H and O–H groups in total. The second kappa shape index (κ2) is 27.6. The first-order chi connectivity index (χ1) is 29.5. The average Bonchev–Trinajstić information content (AvgIpc) is 3.95. The van der Waals surface area contributed by atoms with Crippen molar-refractivity contribution in [1.29, 1.82) is 0 Å². The monoisotopic (exact) mass is 1060 g/mol. The number of ether oxygens (including phenoxy) is 2. The van der Waals surface area contributed by atoms with Gasteiger partial charge in [0, 0.05) is 25.8 Å². The normalized spacial score (nSPS) is 18.7. The van der Waals surface area contributed by atoms with Gasteiger partial charge in [-0.25, -0.2) is 18.8 Å². The predicted molar refractivity (Wildman–Crippen MR) is 252 cm³/mol. The molecule has 2 aliphatic heterocycles. The molecule has 2 heterocycles. The molecule has 0 fully saturated rings. The molecule has 6 atom stereocenters. The van der Waals surface area contributed by atoms with Crippen molar-refractivity contribution in [1.82, 2.24) is 0 Å². The van der Waals surface area contributed by atoms with Crippen molar-refractivity contribution in [2.45, 2.75) is 51.1 Å². The van der Waals surface area contributed by atoms with Gasteiger partial charge in [0.15, 0.2) is 12.2 Å². The van der Waals surface area contributed by atoms with Crippen LogP contribution in [0.25, 0.3) is 0 Å². The number of aliphatic hydroxyl groups is 3. The molecule has 326 valence electrons. The summed E-state index contributed by atoms with van der Waals surface area (Å²) in [5.74, 6) is 1.07. The van der Waals surface area contributed by atoms with Gasteiger partial charge in [0.1, 0.15) is 24.8 Å². The summed E-state index contributed by atoms with van der Waals surface area (Å²) < 4.78 is 37.4. The maximum absolute atomic E-state index is 13.3. The Bertz CT molecular complexity index is 2070. The fraction of sp³-hybridized carbons (Fsp3) is 0.273. The van der Waals surface area contributed by atoms with Gasteiger partial charge in [-0.2, -0.15) is 0 Å². The van der Waals surface area contributed by atoms with Gasteiger partial charge in [0.2, 0.25) is 11.8 Å². The quantitative estimate of drug-likeness (QED) is 0.0673. The number of halogens is 5. The van der Waals surface area contributed by atoms with Crippen LogP contribution in [0.1, 0.15) is 46.1 Å². The maximum atomic E-state index is 13.3. The summed E-state index contributed by atoms with van der Waals surface area (Å²) in [4.78, 5) is 12.0. The van der Waals surface area contributed by atoms with E-state index in [4.69, 9.17) is 46.8 Å². The van der Waals surface area contributed by atoms with E-state index in [2.05, 4.69) is 22.1 Å². The Morgan fingerprint density at radius 3 is 1.46 bits per heavy atom. The van der Waals surface area contributed by atoms with Crippen LogP contribution >= 0.6 is 61.8 Å². The van der Waals surface area contributed by atoms with Gasteiger partial charge in [-0.15, -0.1) is 23.5 Å². The molecule has 0 amide bonds. The standard InChI is InChI=1S/C17H15F2NOS.C17H17NO2S.C10H15NO2S.3ClH.Sb/c18-10-15-16(12-6-8-14(9-7-12)22-11-19)21-17(20-15)13-4-2-1-3-5-13;1-21-14-9-7-12(8-10-14)16-15(11-19)18-17(20-16)13-5-3-2-4-6-13;1-14-8-4-2-7(3-5-8)10(13)9(11)6-12;;;;/h1-9,15-16H,10-11H2;2-10,15-16,19H,11H2,1H3;2-5,9-10,12-13H,6,11H2,1H3;3*1H;/q;;;;;;+3/p-3/t2*15-,16-;9-,10-;;;;/m111..../s1. The predicted octanol–water partition coefficient (Wildman–Crippen LogP) is 10.3. The van der Waals surface area contributed by atoms with Crippen LogP contribution < -0.4 is 5.73 Å². The van der Waals surface area contributed by atoms with E-state index in [0.717, 1.165) is 49.4 Å². The molecule has 0 unspecified atom stereocenters. The summed E-state index contributed by atoms with van der Waals surface area (Å²) in [7, 11) is 15.0. The van der Waals surface area contributed by atoms with Gasteiger partial charge < -0.3 is 30.5 Å². The molecule has 7 rings (SSSR count). The second-order valence-corrected chi connectivity index (χ2v) is 27.1. The number of rotatable bonds is 13. The SMILES string of the molecule is CSc1ccc([C@@H](O)[C@H](N)CO)cc1.CSc1ccc([C@H]2OC(c3ccccc3)=N[C@@H]2CO)cc1.FCSc1ccc([C@H]2OC(c3ccccc3)=N[C@@H]2CF)cc1.[Cl][Sb]([Cl])[Cl]. The van der Waals surface area contributed by atoms with Crippen molar-refractivity contribution in [2.24, 2.45) is 15.7 Å². The second-order valence-electron chi connectivity index (χ2n) is 13.0. The molecule has 0 aromatic heterocycles. The molecule has 2 aliphatic rings. The molecule has 0 saturated carbocycles. The van der Waals surface area contributed by atoms with Gasteiger partial charge >= 0.3 is 43.3 Å². The van der Waals surface area contributed by atoms with E-state index < -0.39 is 53.8 Å². The van der Waals surface area contributed by atoms with Crippen LogP contribution in [0.15, 0.2) is 158 Å². The van der Waals surface area contributed by atoms with Crippen molar-refractivity contribution in [3.63, 3.8) is 0 Å². The number of hydrogen-bond acceptors (Lipinski definition) is 11. The molecule has 8 nitrogen and oxygen atoms in total. The average molecular weight is 1060 g/mol. The number of thioether (sulfide) groups is 3. The Labute approximate surface area is 387 Å². The Morgan fingerprint density at radius 1 is 0.656 bits per heavy atom. The third-order valence-corrected chi connectivity index (χ3v) is 11.3. The molecule has 5 aromatic carbocycles. The Balaban J connectivity index is 0.000000197. The van der Waals surface area contributed by atoms with Crippen molar-refractivity contribution >= 4 is 90.4 Å². The number of hydrogen-bond donors (Lipinski definition) is 4. The van der Waals surface area contributed by atoms with Crippen molar-refractivity contribution in [2.75, 3.05) is 38.4 Å². The van der Waals surface area contributed by atoms with Crippen LogP contribution in [0.5, 0.6) is 0 Å². The minimum absolute atomic E-state index is 0.0225. The number of nitrogens with two attached hydrogens (primary N) is 1. The first-order valence-electron chi connectivity index (χ1n) is 18.7. The summed E-state index contributed by atoms with van der Waals surface area (Å²) in [5.41, 5.74) is 9.93. The van der Waals surface area contributed by atoms with Crippen LogP contribution in [-0.4, -0.2) is 100 Å². The zero-order chi connectivity index (χ0) is 44.1. The number of nitrogens with zero attached hydrogens (tertiary/aromatic N) is 2. The van der Waals surface area contributed by atoms with Crippen LogP contribution in [0, 0.1) is 0 Å². The Kier molecular flexibility index (Phi) is 23.1. The summed E-state index contributed by atoms with van der Waals surface area (Å²) in [6.45, 7) is -0.821. The van der Waals surface area contributed by atoms with E-state index in [1.165, 1.54) is 4.90 Å². The first-order valence-corrected chi connectivity index (χ1v) is 31.8. The molecule has 0 spiro atoms. The molecule has 17 heteroatoms. The van der Waals surface area contributed by atoms with Crippen LogP contribution in [0.3, 0.4) is 0 Å². The number of aliphatic hydroxyl groups excluding tert-OH is 3. The van der Waals surface area contributed by atoms with Crippen molar-refractivity contribution in [3.8, 4) is 0 Å². The molecular weight excluding hydrogens is 1010 g/mol. The van der Waals surface area contributed by atoms with E-state index in [1.807, 2.05) is 134 Å². The van der Waals surface area contributed by atoms with Gasteiger partial charge in [0.25, 0.3) is 0 Å². The van der Waals surface area contributed by atoms with Crippen LogP contribution in [0.4, 0.5) is 8.78 Å². The molecule has 61 heavy (non-hydrogen) atoms. The Hall–Kier alpha value is -2.52. The van der Waals surface area contributed by atoms with E-state index in [0.29, 0.717) is 11.8 Å². The first kappa shape index (κ1) is 51.1.